The molecule has 138 valence electrons. The molecule has 0 aliphatic carbocycles. The summed E-state index contributed by atoms with van der Waals surface area (Å²) in [6.07, 6.45) is 1.78. The Morgan fingerprint density at radius 1 is 1.46 bits per heavy atom. The van der Waals surface area contributed by atoms with E-state index in [2.05, 4.69) is 40.1 Å². The SMILES string of the molecule is CN=C(NCCN1CCCS1(=O)=O)NCC(C)Cc1cccs1.I. The minimum absolute atomic E-state index is 0. The van der Waals surface area contributed by atoms with Gasteiger partial charge in [0.2, 0.25) is 10.0 Å². The molecule has 24 heavy (non-hydrogen) atoms. The van der Waals surface area contributed by atoms with Crippen molar-refractivity contribution in [1.29, 1.82) is 0 Å². The van der Waals surface area contributed by atoms with Crippen LogP contribution in [0.4, 0.5) is 0 Å². The second-order valence-corrected chi connectivity index (χ2v) is 8.96. The summed E-state index contributed by atoms with van der Waals surface area (Å²) < 4.78 is 25.0. The summed E-state index contributed by atoms with van der Waals surface area (Å²) in [5.74, 6) is 1.51. The van der Waals surface area contributed by atoms with Crippen LogP contribution in [0.15, 0.2) is 22.5 Å². The molecule has 2 heterocycles. The number of nitrogens with zero attached hydrogens (tertiary/aromatic N) is 2. The van der Waals surface area contributed by atoms with Crippen LogP contribution >= 0.6 is 35.3 Å². The molecule has 1 atom stereocenters. The van der Waals surface area contributed by atoms with E-state index in [9.17, 15) is 8.42 Å². The molecule has 0 bridgehead atoms. The number of sulfonamides is 1. The first-order valence-corrected chi connectivity index (χ1v) is 10.4. The Bertz CT molecular complexity index is 605. The molecule has 0 saturated carbocycles. The smallest absolute Gasteiger partial charge is 0.214 e. The maximum absolute atomic E-state index is 11.7. The van der Waals surface area contributed by atoms with Gasteiger partial charge >= 0.3 is 0 Å². The number of guanidine groups is 1. The van der Waals surface area contributed by atoms with Crippen LogP contribution in [-0.2, 0) is 16.4 Å². The van der Waals surface area contributed by atoms with Crippen LogP contribution < -0.4 is 10.6 Å². The Balaban J connectivity index is 0.00000288. The van der Waals surface area contributed by atoms with E-state index in [-0.39, 0.29) is 29.7 Å². The van der Waals surface area contributed by atoms with Gasteiger partial charge in [-0.25, -0.2) is 12.7 Å². The van der Waals surface area contributed by atoms with E-state index < -0.39 is 10.0 Å². The van der Waals surface area contributed by atoms with Crippen LogP contribution in [0.2, 0.25) is 0 Å². The summed E-state index contributed by atoms with van der Waals surface area (Å²) in [6, 6.07) is 4.23. The van der Waals surface area contributed by atoms with Gasteiger partial charge in [0.05, 0.1) is 5.75 Å². The van der Waals surface area contributed by atoms with Gasteiger partial charge in [-0.1, -0.05) is 13.0 Å². The lowest BCUT2D eigenvalue weighted by Crippen LogP contribution is -2.43. The maximum Gasteiger partial charge on any atom is 0.214 e. The molecular weight excluding hydrogens is 459 g/mol. The summed E-state index contributed by atoms with van der Waals surface area (Å²) in [5.41, 5.74) is 0. The molecule has 1 saturated heterocycles. The van der Waals surface area contributed by atoms with Crippen molar-refractivity contribution in [1.82, 2.24) is 14.9 Å². The Kier molecular flexibility index (Phi) is 9.53. The molecule has 1 aromatic heterocycles. The van der Waals surface area contributed by atoms with Crippen LogP contribution in [0.5, 0.6) is 0 Å². The van der Waals surface area contributed by atoms with Gasteiger partial charge in [-0.3, -0.25) is 4.99 Å². The second-order valence-electron chi connectivity index (χ2n) is 5.84. The number of thiophene rings is 1. The number of halogens is 1. The third-order valence-corrected chi connectivity index (χ3v) is 6.68. The summed E-state index contributed by atoms with van der Waals surface area (Å²) in [6.45, 7) is 4.73. The third kappa shape index (κ3) is 6.85. The van der Waals surface area contributed by atoms with Crippen molar-refractivity contribution in [2.45, 2.75) is 19.8 Å². The topological polar surface area (TPSA) is 73.8 Å². The highest BCUT2D eigenvalue weighted by Gasteiger charge is 2.27. The standard InChI is InChI=1S/C15H26N4O2S2.HI/c1-13(11-14-5-3-9-22-14)12-18-15(16-2)17-6-8-19-7-4-10-23(19,20)21;/h3,5,9,13H,4,6-8,10-12H2,1-2H3,(H2,16,17,18);1H. The van der Waals surface area contributed by atoms with Gasteiger partial charge in [-0.15, -0.1) is 35.3 Å². The van der Waals surface area contributed by atoms with Gasteiger partial charge in [-0.05, 0) is 30.2 Å². The van der Waals surface area contributed by atoms with Crippen molar-refractivity contribution < 1.29 is 8.42 Å². The molecule has 1 fully saturated rings. The zero-order chi connectivity index (χ0) is 16.7. The molecular formula is C15H27IN4O2S2. The molecule has 1 unspecified atom stereocenters. The number of rotatable bonds is 7. The molecule has 1 aliphatic rings. The van der Waals surface area contributed by atoms with E-state index in [4.69, 9.17) is 0 Å². The minimum Gasteiger partial charge on any atom is -0.356 e. The molecule has 2 rings (SSSR count). The molecule has 1 aliphatic heterocycles. The summed E-state index contributed by atoms with van der Waals surface area (Å²) in [5, 5.41) is 8.59. The molecule has 0 amide bonds. The molecule has 6 nitrogen and oxygen atoms in total. The molecule has 0 radical (unpaired) electrons. The van der Waals surface area contributed by atoms with Crippen LogP contribution in [0.1, 0.15) is 18.2 Å². The normalized spacial score (nSPS) is 18.8. The lowest BCUT2D eigenvalue weighted by molar-refractivity contribution is 0.444. The van der Waals surface area contributed by atoms with E-state index in [1.165, 1.54) is 4.88 Å². The van der Waals surface area contributed by atoms with Crippen LogP contribution in [0.3, 0.4) is 0 Å². The largest absolute Gasteiger partial charge is 0.356 e. The Morgan fingerprint density at radius 3 is 2.83 bits per heavy atom. The third-order valence-electron chi connectivity index (χ3n) is 3.83. The van der Waals surface area contributed by atoms with Crippen LogP contribution in [0.25, 0.3) is 0 Å². The van der Waals surface area contributed by atoms with E-state index >= 15 is 0 Å². The van der Waals surface area contributed by atoms with Gasteiger partial charge in [0, 0.05) is 38.1 Å². The van der Waals surface area contributed by atoms with Crippen LogP contribution in [0, 0.1) is 5.92 Å². The number of aliphatic imine (C=N–C) groups is 1. The lowest BCUT2D eigenvalue weighted by Gasteiger charge is -2.18. The van der Waals surface area contributed by atoms with Crippen molar-refractivity contribution in [3.8, 4) is 0 Å². The van der Waals surface area contributed by atoms with Crippen molar-refractivity contribution in [2.75, 3.05) is 39.0 Å². The first-order chi connectivity index (χ1) is 11.0. The first kappa shape index (κ1) is 21.7. The molecule has 1 aromatic rings. The predicted molar refractivity (Wildman–Crippen MR) is 112 cm³/mol. The second kappa shape index (κ2) is 10.6. The first-order valence-electron chi connectivity index (χ1n) is 7.96. The van der Waals surface area contributed by atoms with Crippen molar-refractivity contribution in [2.24, 2.45) is 10.9 Å². The highest BCUT2D eigenvalue weighted by molar-refractivity contribution is 14.0. The Labute approximate surface area is 166 Å². The molecule has 2 N–H and O–H groups in total. The van der Waals surface area contributed by atoms with E-state index in [1.54, 1.807) is 22.7 Å². The zero-order valence-corrected chi connectivity index (χ0v) is 18.2. The van der Waals surface area contributed by atoms with Crippen molar-refractivity contribution >= 4 is 51.3 Å². The average molecular weight is 486 g/mol. The monoisotopic (exact) mass is 486 g/mol. The van der Waals surface area contributed by atoms with Crippen LogP contribution in [-0.4, -0.2) is 57.7 Å². The molecule has 0 aromatic carbocycles. The quantitative estimate of drug-likeness (QED) is 0.350. The number of hydrogen-bond donors (Lipinski definition) is 2. The molecule has 0 spiro atoms. The highest BCUT2D eigenvalue weighted by Crippen LogP contribution is 2.14. The van der Waals surface area contributed by atoms with E-state index in [1.807, 2.05) is 0 Å². The minimum atomic E-state index is -3.01. The van der Waals surface area contributed by atoms with Gasteiger partial charge in [0.15, 0.2) is 5.96 Å². The Morgan fingerprint density at radius 2 is 2.25 bits per heavy atom. The summed E-state index contributed by atoms with van der Waals surface area (Å²) in [4.78, 5) is 5.58. The lowest BCUT2D eigenvalue weighted by atomic mass is 10.1. The van der Waals surface area contributed by atoms with Gasteiger partial charge in [0.1, 0.15) is 0 Å². The Hall–Kier alpha value is -0.390. The average Bonchev–Trinajstić information content (AvgIpc) is 3.12. The predicted octanol–water partition coefficient (Wildman–Crippen LogP) is 1.75. The highest BCUT2D eigenvalue weighted by atomic mass is 127. The van der Waals surface area contributed by atoms with Gasteiger partial charge in [0.25, 0.3) is 0 Å². The number of nitrogens with one attached hydrogen (secondary N) is 2. The van der Waals surface area contributed by atoms with E-state index in [0.29, 0.717) is 25.6 Å². The molecule has 9 heteroatoms. The van der Waals surface area contributed by atoms with Gasteiger partial charge in [-0.2, -0.15) is 0 Å². The fraction of sp³-hybridized carbons (Fsp3) is 0.667. The number of hydrogen-bond acceptors (Lipinski definition) is 4. The zero-order valence-electron chi connectivity index (χ0n) is 14.2. The van der Waals surface area contributed by atoms with Crippen molar-refractivity contribution in [3.05, 3.63) is 22.4 Å². The fourth-order valence-electron chi connectivity index (χ4n) is 2.58. The summed E-state index contributed by atoms with van der Waals surface area (Å²) >= 11 is 1.78. The fourth-order valence-corrected chi connectivity index (χ4v) is 4.98. The van der Waals surface area contributed by atoms with Crippen molar-refractivity contribution in [3.63, 3.8) is 0 Å². The summed E-state index contributed by atoms with van der Waals surface area (Å²) in [7, 11) is -1.28. The maximum atomic E-state index is 11.7. The van der Waals surface area contributed by atoms with Gasteiger partial charge < -0.3 is 10.6 Å². The van der Waals surface area contributed by atoms with E-state index in [0.717, 1.165) is 25.3 Å².